The van der Waals surface area contributed by atoms with Crippen molar-refractivity contribution < 1.29 is 4.79 Å². The van der Waals surface area contributed by atoms with Crippen LogP contribution in [0.4, 0.5) is 0 Å². The Morgan fingerprint density at radius 3 is 2.30 bits per heavy atom. The van der Waals surface area contributed by atoms with E-state index in [1.165, 1.54) is 5.57 Å². The lowest BCUT2D eigenvalue weighted by atomic mass is 10.1. The zero-order valence-corrected chi connectivity index (χ0v) is 7.11. The first-order valence-corrected chi connectivity index (χ1v) is 3.82. The fourth-order valence-corrected chi connectivity index (χ4v) is 0.824. The van der Waals surface area contributed by atoms with E-state index >= 15 is 0 Å². The van der Waals surface area contributed by atoms with E-state index < -0.39 is 0 Å². The fraction of sp³-hybridized carbons (Fsp3) is 0.667. The van der Waals surface area contributed by atoms with Gasteiger partial charge in [-0.2, -0.15) is 0 Å². The molecule has 58 valence electrons. The minimum Gasteiger partial charge on any atom is -0.300 e. The Kier molecular flexibility index (Phi) is 4.91. The summed E-state index contributed by atoms with van der Waals surface area (Å²) in [5.74, 6) is 0.281. The Bertz CT molecular complexity index is 134. The Hall–Kier alpha value is -0.590. The van der Waals surface area contributed by atoms with Crippen molar-refractivity contribution in [2.45, 2.75) is 40.0 Å². The maximum absolute atomic E-state index is 10.5. The molecule has 0 spiro atoms. The van der Waals surface area contributed by atoms with E-state index in [0.29, 0.717) is 6.42 Å². The van der Waals surface area contributed by atoms with E-state index in [9.17, 15) is 4.79 Å². The molecule has 0 aromatic rings. The summed E-state index contributed by atoms with van der Waals surface area (Å²) in [6, 6.07) is 0. The molecule has 0 N–H and O–H groups in total. The van der Waals surface area contributed by atoms with Gasteiger partial charge in [0, 0.05) is 6.42 Å². The summed E-state index contributed by atoms with van der Waals surface area (Å²) in [5, 5.41) is 0. The monoisotopic (exact) mass is 140 g/mol. The number of carbonyl (C=O) groups is 1. The predicted molar refractivity (Wildman–Crippen MR) is 44.0 cm³/mol. The molecule has 0 aliphatic rings. The molecule has 0 bridgehead atoms. The van der Waals surface area contributed by atoms with Crippen molar-refractivity contribution in [3.8, 4) is 0 Å². The van der Waals surface area contributed by atoms with Gasteiger partial charge in [0.1, 0.15) is 5.78 Å². The molecule has 1 heteroatoms. The van der Waals surface area contributed by atoms with Crippen molar-refractivity contribution in [2.24, 2.45) is 0 Å². The van der Waals surface area contributed by atoms with Crippen LogP contribution in [-0.4, -0.2) is 5.78 Å². The van der Waals surface area contributed by atoms with Crippen molar-refractivity contribution in [2.75, 3.05) is 0 Å². The first-order valence-electron chi connectivity index (χ1n) is 3.82. The fourth-order valence-electron chi connectivity index (χ4n) is 0.824. The van der Waals surface area contributed by atoms with Gasteiger partial charge >= 0.3 is 0 Å². The summed E-state index contributed by atoms with van der Waals surface area (Å²) in [7, 11) is 0. The minimum absolute atomic E-state index is 0.281. The van der Waals surface area contributed by atoms with E-state index in [1.54, 1.807) is 6.92 Å². The number of ketones is 1. The largest absolute Gasteiger partial charge is 0.300 e. The third-order valence-corrected chi connectivity index (χ3v) is 1.42. The molecule has 0 aliphatic carbocycles. The maximum atomic E-state index is 10.5. The van der Waals surface area contributed by atoms with Crippen molar-refractivity contribution in [1.82, 2.24) is 0 Å². The Morgan fingerprint density at radius 2 is 1.90 bits per heavy atom. The molecule has 0 saturated carbocycles. The maximum Gasteiger partial charge on any atom is 0.130 e. The van der Waals surface area contributed by atoms with Crippen LogP contribution in [0.25, 0.3) is 0 Å². The normalized spacial score (nSPS) is 11.7. The SMILES string of the molecule is CCC=C(C)CCC(C)=O. The summed E-state index contributed by atoms with van der Waals surface area (Å²) in [5.41, 5.74) is 1.33. The highest BCUT2D eigenvalue weighted by Gasteiger charge is 1.93. The van der Waals surface area contributed by atoms with Gasteiger partial charge in [-0.1, -0.05) is 18.6 Å². The van der Waals surface area contributed by atoms with Crippen LogP contribution in [0, 0.1) is 0 Å². The number of rotatable bonds is 4. The molecule has 0 unspecified atom stereocenters. The smallest absolute Gasteiger partial charge is 0.130 e. The standard InChI is InChI=1S/C9H16O/c1-4-5-8(2)6-7-9(3)10/h5H,4,6-7H2,1-3H3. The van der Waals surface area contributed by atoms with Crippen molar-refractivity contribution in [3.63, 3.8) is 0 Å². The summed E-state index contributed by atoms with van der Waals surface area (Å²) in [6.45, 7) is 5.82. The van der Waals surface area contributed by atoms with Crippen LogP contribution in [0.5, 0.6) is 0 Å². The number of allylic oxidation sites excluding steroid dienone is 2. The second-order valence-corrected chi connectivity index (χ2v) is 2.66. The molecule has 1 nitrogen and oxygen atoms in total. The molecule has 0 amide bonds. The first-order chi connectivity index (χ1) is 4.66. The Labute approximate surface area is 63.1 Å². The van der Waals surface area contributed by atoms with Crippen LogP contribution in [-0.2, 0) is 4.79 Å². The van der Waals surface area contributed by atoms with Crippen LogP contribution in [0.1, 0.15) is 40.0 Å². The van der Waals surface area contributed by atoms with Gasteiger partial charge in [-0.05, 0) is 26.7 Å². The number of hydrogen-bond acceptors (Lipinski definition) is 1. The average Bonchev–Trinajstić information content (AvgIpc) is 1.85. The van der Waals surface area contributed by atoms with Gasteiger partial charge in [-0.25, -0.2) is 0 Å². The van der Waals surface area contributed by atoms with E-state index in [-0.39, 0.29) is 5.78 Å². The molecule has 0 saturated heterocycles. The molecule has 0 heterocycles. The summed E-state index contributed by atoms with van der Waals surface area (Å²) < 4.78 is 0. The Morgan fingerprint density at radius 1 is 1.30 bits per heavy atom. The van der Waals surface area contributed by atoms with Crippen LogP contribution in [0.2, 0.25) is 0 Å². The van der Waals surface area contributed by atoms with Crippen LogP contribution >= 0.6 is 0 Å². The molecule has 0 radical (unpaired) electrons. The van der Waals surface area contributed by atoms with Crippen LogP contribution in [0.3, 0.4) is 0 Å². The lowest BCUT2D eigenvalue weighted by molar-refractivity contribution is -0.116. The molecule has 0 aromatic carbocycles. The molecule has 0 atom stereocenters. The van der Waals surface area contributed by atoms with E-state index in [4.69, 9.17) is 0 Å². The second-order valence-electron chi connectivity index (χ2n) is 2.66. The number of hydrogen-bond donors (Lipinski definition) is 0. The van der Waals surface area contributed by atoms with E-state index in [0.717, 1.165) is 12.8 Å². The molecular formula is C9H16O. The highest BCUT2D eigenvalue weighted by molar-refractivity contribution is 5.75. The van der Waals surface area contributed by atoms with Gasteiger partial charge in [0.2, 0.25) is 0 Å². The van der Waals surface area contributed by atoms with Gasteiger partial charge in [0.05, 0.1) is 0 Å². The van der Waals surface area contributed by atoms with Crippen LogP contribution < -0.4 is 0 Å². The predicted octanol–water partition coefficient (Wildman–Crippen LogP) is 2.71. The molecular weight excluding hydrogens is 124 g/mol. The van der Waals surface area contributed by atoms with Crippen LogP contribution in [0.15, 0.2) is 11.6 Å². The van der Waals surface area contributed by atoms with Gasteiger partial charge in [0.25, 0.3) is 0 Å². The van der Waals surface area contributed by atoms with Crippen molar-refractivity contribution in [1.29, 1.82) is 0 Å². The zero-order valence-electron chi connectivity index (χ0n) is 7.11. The molecule has 0 rings (SSSR count). The zero-order chi connectivity index (χ0) is 7.98. The second kappa shape index (κ2) is 5.21. The summed E-state index contributed by atoms with van der Waals surface area (Å²) in [4.78, 5) is 10.5. The average molecular weight is 140 g/mol. The first kappa shape index (κ1) is 9.41. The lowest BCUT2D eigenvalue weighted by Gasteiger charge is -1.96. The molecule has 10 heavy (non-hydrogen) atoms. The highest BCUT2D eigenvalue weighted by Crippen LogP contribution is 2.04. The molecule has 0 fully saturated rings. The minimum atomic E-state index is 0.281. The van der Waals surface area contributed by atoms with E-state index in [2.05, 4.69) is 19.9 Å². The molecule has 0 aliphatic heterocycles. The highest BCUT2D eigenvalue weighted by atomic mass is 16.1. The van der Waals surface area contributed by atoms with E-state index in [1.807, 2.05) is 0 Å². The van der Waals surface area contributed by atoms with Crippen molar-refractivity contribution >= 4 is 5.78 Å². The number of Topliss-reactive ketones (excluding diaryl/α,β-unsaturated/α-hetero) is 1. The Balaban J connectivity index is 3.48. The third-order valence-electron chi connectivity index (χ3n) is 1.42. The van der Waals surface area contributed by atoms with Gasteiger partial charge in [-0.3, -0.25) is 0 Å². The molecule has 0 aromatic heterocycles. The summed E-state index contributed by atoms with van der Waals surface area (Å²) in [6.07, 6.45) is 4.87. The van der Waals surface area contributed by atoms with Crippen molar-refractivity contribution in [3.05, 3.63) is 11.6 Å². The number of carbonyl (C=O) groups excluding carboxylic acids is 1. The lowest BCUT2D eigenvalue weighted by Crippen LogP contribution is -1.89. The van der Waals surface area contributed by atoms with Gasteiger partial charge < -0.3 is 4.79 Å². The topological polar surface area (TPSA) is 17.1 Å². The summed E-state index contributed by atoms with van der Waals surface area (Å²) >= 11 is 0. The quantitative estimate of drug-likeness (QED) is 0.549. The third kappa shape index (κ3) is 5.54. The van der Waals surface area contributed by atoms with Gasteiger partial charge in [-0.15, -0.1) is 0 Å². The van der Waals surface area contributed by atoms with Gasteiger partial charge in [0.15, 0.2) is 0 Å².